The molecular formula is C15H28N6O2. The molecule has 0 saturated carbocycles. The van der Waals surface area contributed by atoms with Gasteiger partial charge < -0.3 is 20.1 Å². The summed E-state index contributed by atoms with van der Waals surface area (Å²) in [4.78, 5) is 9.08. The monoisotopic (exact) mass is 324 g/mol. The molecule has 8 nitrogen and oxygen atoms in total. The first-order valence-electron chi connectivity index (χ1n) is 8.22. The minimum absolute atomic E-state index is 0.305. The molecule has 1 aliphatic heterocycles. The zero-order valence-electron chi connectivity index (χ0n) is 14.3. The molecule has 0 amide bonds. The van der Waals surface area contributed by atoms with Crippen LogP contribution in [0, 0.1) is 0 Å². The van der Waals surface area contributed by atoms with Gasteiger partial charge in [0.05, 0.1) is 6.54 Å². The highest BCUT2D eigenvalue weighted by Crippen LogP contribution is 2.13. The maximum atomic E-state index is 5.10. The number of hydrogen-bond donors (Lipinski definition) is 2. The van der Waals surface area contributed by atoms with E-state index in [1.165, 1.54) is 0 Å². The number of rotatable bonds is 8. The van der Waals surface area contributed by atoms with Gasteiger partial charge in [0.25, 0.3) is 0 Å². The van der Waals surface area contributed by atoms with Crippen LogP contribution in [0.4, 0.5) is 0 Å². The third-order valence-electron chi connectivity index (χ3n) is 3.64. The van der Waals surface area contributed by atoms with Crippen LogP contribution in [-0.2, 0) is 29.0 Å². The number of aliphatic imine (C=N–C) groups is 1. The maximum absolute atomic E-state index is 5.10. The van der Waals surface area contributed by atoms with Gasteiger partial charge in [-0.3, -0.25) is 4.99 Å². The van der Waals surface area contributed by atoms with E-state index < -0.39 is 0 Å². The lowest BCUT2D eigenvalue weighted by Gasteiger charge is -2.25. The quantitative estimate of drug-likeness (QED) is 0.407. The molecule has 130 valence electrons. The van der Waals surface area contributed by atoms with Crippen LogP contribution in [0.2, 0.25) is 0 Å². The first kappa shape index (κ1) is 17.7. The molecule has 1 aliphatic rings. The number of guanidine groups is 1. The van der Waals surface area contributed by atoms with Gasteiger partial charge in [0.1, 0.15) is 12.4 Å². The van der Waals surface area contributed by atoms with Crippen molar-refractivity contribution in [3.63, 3.8) is 0 Å². The molecule has 0 spiro atoms. The van der Waals surface area contributed by atoms with Gasteiger partial charge in [-0.25, -0.2) is 9.67 Å². The first-order chi connectivity index (χ1) is 11.3. The summed E-state index contributed by atoms with van der Waals surface area (Å²) < 4.78 is 12.1. The molecular weight excluding hydrogens is 296 g/mol. The summed E-state index contributed by atoms with van der Waals surface area (Å²) in [5.74, 6) is 2.65. The van der Waals surface area contributed by atoms with Gasteiger partial charge in [-0.2, -0.15) is 5.10 Å². The van der Waals surface area contributed by atoms with E-state index in [0.717, 1.165) is 63.1 Å². The zero-order valence-corrected chi connectivity index (χ0v) is 14.3. The summed E-state index contributed by atoms with van der Waals surface area (Å²) in [6.07, 6.45) is 2.86. The van der Waals surface area contributed by atoms with E-state index >= 15 is 0 Å². The molecule has 0 radical (unpaired) electrons. The lowest BCUT2D eigenvalue weighted by molar-refractivity contribution is 0.177. The van der Waals surface area contributed by atoms with E-state index in [1.54, 1.807) is 14.2 Å². The molecule has 2 rings (SSSR count). The second-order valence-corrected chi connectivity index (χ2v) is 5.55. The van der Waals surface area contributed by atoms with Crippen LogP contribution in [-0.4, -0.2) is 60.7 Å². The fraction of sp³-hybridized carbons (Fsp3) is 0.800. The number of nitrogens with one attached hydrogen (secondary N) is 2. The lowest BCUT2D eigenvalue weighted by Crippen LogP contribution is -2.47. The summed E-state index contributed by atoms with van der Waals surface area (Å²) >= 11 is 0. The minimum atomic E-state index is 0.305. The Balaban J connectivity index is 1.90. The highest BCUT2D eigenvalue weighted by molar-refractivity contribution is 5.80. The van der Waals surface area contributed by atoms with E-state index in [1.807, 2.05) is 4.68 Å². The molecule has 0 fully saturated rings. The number of methoxy groups -OCH3 is 2. The average Bonchev–Trinajstić information content (AvgIpc) is 2.93. The van der Waals surface area contributed by atoms with Crippen molar-refractivity contribution in [2.24, 2.45) is 4.99 Å². The molecule has 1 atom stereocenters. The highest BCUT2D eigenvalue weighted by Gasteiger charge is 2.22. The molecule has 0 aromatic carbocycles. The fourth-order valence-electron chi connectivity index (χ4n) is 2.58. The molecule has 2 heterocycles. The Labute approximate surface area is 137 Å². The van der Waals surface area contributed by atoms with Crippen molar-refractivity contribution in [1.29, 1.82) is 0 Å². The second-order valence-electron chi connectivity index (χ2n) is 5.55. The fourth-order valence-corrected chi connectivity index (χ4v) is 2.58. The Morgan fingerprint density at radius 3 is 3.00 bits per heavy atom. The number of aryl methyl sites for hydroxylation is 1. The molecule has 23 heavy (non-hydrogen) atoms. The average molecular weight is 324 g/mol. The van der Waals surface area contributed by atoms with Crippen LogP contribution < -0.4 is 10.6 Å². The summed E-state index contributed by atoms with van der Waals surface area (Å²) in [6.45, 7) is 5.66. The van der Waals surface area contributed by atoms with E-state index in [4.69, 9.17) is 9.47 Å². The normalized spacial score (nSPS) is 17.9. The van der Waals surface area contributed by atoms with Crippen LogP contribution in [0.1, 0.15) is 31.4 Å². The second kappa shape index (κ2) is 9.46. The number of fused-ring (bicyclic) bond motifs is 1. The van der Waals surface area contributed by atoms with Crippen LogP contribution in [0.3, 0.4) is 0 Å². The summed E-state index contributed by atoms with van der Waals surface area (Å²) in [7, 11) is 3.37. The SMILES string of the molecule is CCNC(=NCCCOC)NC1CCc2nc(COC)nn2C1. The highest BCUT2D eigenvalue weighted by atomic mass is 16.5. The minimum Gasteiger partial charge on any atom is -0.385 e. The van der Waals surface area contributed by atoms with Gasteiger partial charge in [0.2, 0.25) is 0 Å². The summed E-state index contributed by atoms with van der Waals surface area (Å²) in [5, 5.41) is 11.3. The van der Waals surface area contributed by atoms with Gasteiger partial charge in [0.15, 0.2) is 11.8 Å². The third kappa shape index (κ3) is 5.47. The Morgan fingerprint density at radius 1 is 1.39 bits per heavy atom. The van der Waals surface area contributed by atoms with E-state index in [0.29, 0.717) is 12.6 Å². The molecule has 1 aromatic heterocycles. The standard InChI is InChI=1S/C15H28N6O2/c1-4-16-15(17-8-5-9-22-2)18-12-6-7-14-19-13(11-23-3)20-21(14)10-12/h12H,4-11H2,1-3H3,(H2,16,17,18). The van der Waals surface area contributed by atoms with Gasteiger partial charge in [0, 0.05) is 46.4 Å². The number of ether oxygens (including phenoxy) is 2. The van der Waals surface area contributed by atoms with E-state index in [2.05, 4.69) is 32.6 Å². The topological polar surface area (TPSA) is 85.6 Å². The van der Waals surface area contributed by atoms with Crippen molar-refractivity contribution >= 4 is 5.96 Å². The summed E-state index contributed by atoms with van der Waals surface area (Å²) in [5.41, 5.74) is 0. The maximum Gasteiger partial charge on any atom is 0.191 e. The molecule has 8 heteroatoms. The van der Waals surface area contributed by atoms with Gasteiger partial charge in [-0.1, -0.05) is 0 Å². The van der Waals surface area contributed by atoms with E-state index in [9.17, 15) is 0 Å². The van der Waals surface area contributed by atoms with E-state index in [-0.39, 0.29) is 0 Å². The molecule has 1 aromatic rings. The predicted octanol–water partition coefficient (Wildman–Crippen LogP) is 0.331. The zero-order chi connectivity index (χ0) is 16.5. The Morgan fingerprint density at radius 2 is 2.26 bits per heavy atom. The molecule has 0 aliphatic carbocycles. The molecule has 1 unspecified atom stereocenters. The van der Waals surface area contributed by atoms with Crippen LogP contribution in [0.5, 0.6) is 0 Å². The lowest BCUT2D eigenvalue weighted by atomic mass is 10.1. The van der Waals surface area contributed by atoms with Crippen molar-refractivity contribution in [1.82, 2.24) is 25.4 Å². The third-order valence-corrected chi connectivity index (χ3v) is 3.64. The predicted molar refractivity (Wildman–Crippen MR) is 88.5 cm³/mol. The first-order valence-corrected chi connectivity index (χ1v) is 8.22. The number of aromatic nitrogens is 3. The smallest absolute Gasteiger partial charge is 0.191 e. The summed E-state index contributed by atoms with van der Waals surface area (Å²) in [6, 6.07) is 0.305. The van der Waals surface area contributed by atoms with Gasteiger partial charge >= 0.3 is 0 Å². The van der Waals surface area contributed by atoms with Crippen molar-refractivity contribution in [2.75, 3.05) is 33.9 Å². The van der Waals surface area contributed by atoms with Crippen molar-refractivity contribution in [3.8, 4) is 0 Å². The van der Waals surface area contributed by atoms with Crippen molar-refractivity contribution in [3.05, 3.63) is 11.6 Å². The Kier molecular flexibility index (Phi) is 7.28. The van der Waals surface area contributed by atoms with Gasteiger partial charge in [-0.05, 0) is 19.8 Å². The van der Waals surface area contributed by atoms with Crippen molar-refractivity contribution < 1.29 is 9.47 Å². The van der Waals surface area contributed by atoms with Crippen LogP contribution in [0.25, 0.3) is 0 Å². The van der Waals surface area contributed by atoms with Gasteiger partial charge in [-0.15, -0.1) is 0 Å². The Hall–Kier alpha value is -1.67. The van der Waals surface area contributed by atoms with Crippen LogP contribution in [0.15, 0.2) is 4.99 Å². The number of hydrogen-bond acceptors (Lipinski definition) is 5. The number of nitrogens with zero attached hydrogens (tertiary/aromatic N) is 4. The molecule has 2 N–H and O–H groups in total. The Bertz CT molecular complexity index is 502. The van der Waals surface area contributed by atoms with Crippen LogP contribution >= 0.6 is 0 Å². The molecule has 0 saturated heterocycles. The largest absolute Gasteiger partial charge is 0.385 e. The molecule has 0 bridgehead atoms. The van der Waals surface area contributed by atoms with Crippen molar-refractivity contribution in [2.45, 2.75) is 45.4 Å².